The average Bonchev–Trinajstić information content (AvgIpc) is 2.75. The van der Waals surface area contributed by atoms with Crippen molar-refractivity contribution >= 4 is 18.0 Å². The summed E-state index contributed by atoms with van der Waals surface area (Å²) in [4.78, 5) is 34.6. The lowest BCUT2D eigenvalue weighted by atomic mass is 10.1. The first kappa shape index (κ1) is 30.9. The molecule has 3 atom stereocenters. The van der Waals surface area contributed by atoms with E-state index >= 15 is 0 Å². The van der Waals surface area contributed by atoms with Crippen LogP contribution in [-0.4, -0.2) is 70.4 Å². The number of phenols is 1. The normalized spacial score (nSPS) is 13.7. The topological polar surface area (TPSA) is 160 Å². The number of alkyl halides is 3. The van der Waals surface area contributed by atoms with Gasteiger partial charge in [0.15, 0.2) is 0 Å². The number of likely N-dealkylation sites (N-methyl/N-ethyl adjacent to an activating group) is 1. The molecule has 0 saturated carbocycles. The molecule has 34 heavy (non-hydrogen) atoms. The highest BCUT2D eigenvalue weighted by molar-refractivity contribution is 5.73. The van der Waals surface area contributed by atoms with Gasteiger partial charge in [-0.25, -0.2) is 9.59 Å². The molecule has 0 aromatic heterocycles. The van der Waals surface area contributed by atoms with Crippen LogP contribution in [0.25, 0.3) is 0 Å². The van der Waals surface area contributed by atoms with E-state index in [1.54, 1.807) is 39.8 Å². The van der Waals surface area contributed by atoms with Crippen LogP contribution < -0.4 is 5.73 Å². The van der Waals surface area contributed by atoms with E-state index in [-0.39, 0.29) is 31.3 Å². The molecule has 0 bridgehead atoms. The molecular weight excluding hydrogens is 465 g/mol. The number of hydrogen-bond acceptors (Lipinski definition) is 8. The van der Waals surface area contributed by atoms with Crippen LogP contribution >= 0.6 is 0 Å². The highest BCUT2D eigenvalue weighted by atomic mass is 19.4. The predicted octanol–water partition coefficient (Wildman–Crippen LogP) is 2.64. The molecule has 0 spiro atoms. The summed E-state index contributed by atoms with van der Waals surface area (Å²) in [6, 6.07) is 6.18. The molecule has 1 aromatic rings. The fourth-order valence-corrected chi connectivity index (χ4v) is 2.18. The molecule has 0 aliphatic heterocycles. The van der Waals surface area contributed by atoms with Crippen LogP contribution in [0.3, 0.4) is 0 Å². The maximum Gasteiger partial charge on any atom is 0.490 e. The number of carboxylic acids is 1. The number of nitrogens with zero attached hydrogens (tertiary/aromatic N) is 1. The Kier molecular flexibility index (Phi) is 13.0. The number of carbonyl (C=O) groups is 3. The van der Waals surface area contributed by atoms with Crippen molar-refractivity contribution in [2.75, 3.05) is 19.6 Å². The molecule has 1 aromatic carbocycles. The Balaban J connectivity index is 0.00000135. The number of benzene rings is 1. The van der Waals surface area contributed by atoms with Crippen molar-refractivity contribution in [3.63, 3.8) is 0 Å². The second-order valence-electron chi connectivity index (χ2n) is 7.52. The van der Waals surface area contributed by atoms with Gasteiger partial charge in [0.25, 0.3) is 6.29 Å². The minimum atomic E-state index is -5.08. The van der Waals surface area contributed by atoms with Crippen molar-refractivity contribution in [2.24, 2.45) is 17.6 Å². The number of ether oxygens (including phenoxy) is 2. The first-order chi connectivity index (χ1) is 15.6. The summed E-state index contributed by atoms with van der Waals surface area (Å²) in [7, 11) is 0. The van der Waals surface area contributed by atoms with Gasteiger partial charge in [-0.3, -0.25) is 4.79 Å². The van der Waals surface area contributed by atoms with Gasteiger partial charge in [-0.2, -0.15) is 13.2 Å². The van der Waals surface area contributed by atoms with E-state index in [2.05, 4.69) is 0 Å². The van der Waals surface area contributed by atoms with Gasteiger partial charge in [-0.15, -0.1) is 0 Å². The summed E-state index contributed by atoms with van der Waals surface area (Å²) in [5.41, 5.74) is 5.93. The Morgan fingerprint density at radius 1 is 1.15 bits per heavy atom. The van der Waals surface area contributed by atoms with Gasteiger partial charge in [0.05, 0.1) is 18.6 Å². The van der Waals surface area contributed by atoms with Gasteiger partial charge >= 0.3 is 24.2 Å². The third-order valence-electron chi connectivity index (χ3n) is 4.28. The molecule has 3 unspecified atom stereocenters. The minimum Gasteiger partial charge on any atom is -0.508 e. The van der Waals surface area contributed by atoms with E-state index in [4.69, 9.17) is 25.1 Å². The Labute approximate surface area is 195 Å². The lowest BCUT2D eigenvalue weighted by Gasteiger charge is -2.28. The van der Waals surface area contributed by atoms with Crippen LogP contribution in [-0.2, 0) is 19.1 Å². The predicted molar refractivity (Wildman–Crippen MR) is 113 cm³/mol. The average molecular weight is 496 g/mol. The number of esters is 1. The molecule has 0 heterocycles. The third-order valence-corrected chi connectivity index (χ3v) is 4.28. The van der Waals surface area contributed by atoms with Crippen molar-refractivity contribution in [2.45, 2.75) is 46.3 Å². The maximum atomic E-state index is 12.5. The number of hydrogen-bond donors (Lipinski definition) is 4. The molecule has 1 amide bonds. The van der Waals surface area contributed by atoms with Crippen LogP contribution in [0, 0.1) is 11.8 Å². The van der Waals surface area contributed by atoms with Gasteiger partial charge in [-0.05, 0) is 24.6 Å². The number of rotatable bonds is 9. The van der Waals surface area contributed by atoms with Crippen LogP contribution in [0.4, 0.5) is 18.0 Å². The van der Waals surface area contributed by atoms with Gasteiger partial charge in [-0.1, -0.05) is 32.9 Å². The number of carboxylic acid groups (broad SMARTS) is 1. The second-order valence-corrected chi connectivity index (χ2v) is 7.52. The summed E-state index contributed by atoms with van der Waals surface area (Å²) in [6.45, 7) is 7.28. The smallest absolute Gasteiger partial charge is 0.490 e. The summed E-state index contributed by atoms with van der Waals surface area (Å²) >= 11 is 0. The number of halogens is 3. The molecule has 0 fully saturated rings. The van der Waals surface area contributed by atoms with Crippen molar-refractivity contribution in [1.82, 2.24) is 4.90 Å². The monoisotopic (exact) mass is 496 g/mol. The minimum absolute atomic E-state index is 0.0259. The Morgan fingerprint density at radius 3 is 2.12 bits per heavy atom. The summed E-state index contributed by atoms with van der Waals surface area (Å²) < 4.78 is 42.3. The molecule has 0 aliphatic rings. The zero-order valence-electron chi connectivity index (χ0n) is 19.3. The van der Waals surface area contributed by atoms with Crippen molar-refractivity contribution in [3.05, 3.63) is 29.8 Å². The quantitative estimate of drug-likeness (QED) is 0.298. The standard InChI is InChI=1S/C19H30N2O6.C2HF3O2/c1-5-21(11-16(23)14-7-6-8-15(22)9-14)19(25)27-18(12(2)3)26-17(24)13(4)10-20;3-2(4,5)1(6)7/h6-9,12-13,16,18,22-23H,5,10-11,20H2,1-4H3;(H,6,7). The molecule has 194 valence electrons. The summed E-state index contributed by atoms with van der Waals surface area (Å²) in [5, 5.41) is 27.0. The van der Waals surface area contributed by atoms with Gasteiger partial charge in [0.2, 0.25) is 0 Å². The van der Waals surface area contributed by atoms with Crippen molar-refractivity contribution < 1.29 is 52.3 Å². The number of aliphatic hydroxyl groups excluding tert-OH is 1. The van der Waals surface area contributed by atoms with Crippen molar-refractivity contribution in [3.8, 4) is 5.75 Å². The lowest BCUT2D eigenvalue weighted by molar-refractivity contribution is -0.192. The fourth-order valence-electron chi connectivity index (χ4n) is 2.18. The number of phenolic OH excluding ortho intramolecular Hbond substituents is 1. The fraction of sp³-hybridized carbons (Fsp3) is 0.571. The number of nitrogens with two attached hydrogens (primary N) is 1. The summed E-state index contributed by atoms with van der Waals surface area (Å²) in [6.07, 6.45) is -7.84. The highest BCUT2D eigenvalue weighted by Crippen LogP contribution is 2.20. The molecule has 13 heteroatoms. The first-order valence-corrected chi connectivity index (χ1v) is 10.3. The van der Waals surface area contributed by atoms with Crippen LogP contribution in [0.15, 0.2) is 24.3 Å². The van der Waals surface area contributed by atoms with E-state index in [1.165, 1.54) is 17.0 Å². The summed E-state index contributed by atoms with van der Waals surface area (Å²) in [5.74, 6) is -4.02. The maximum absolute atomic E-state index is 12.5. The molecule has 10 nitrogen and oxygen atoms in total. The third kappa shape index (κ3) is 11.2. The SMILES string of the molecule is CCN(CC(O)c1cccc(O)c1)C(=O)OC(OC(=O)C(C)CN)C(C)C.O=C(O)C(F)(F)F. The zero-order chi connectivity index (χ0) is 26.6. The first-order valence-electron chi connectivity index (χ1n) is 10.3. The van der Waals surface area contributed by atoms with Crippen LogP contribution in [0.2, 0.25) is 0 Å². The lowest BCUT2D eigenvalue weighted by Crippen LogP contribution is -2.40. The van der Waals surface area contributed by atoms with Gasteiger partial charge in [0, 0.05) is 19.0 Å². The number of carbonyl (C=O) groups excluding carboxylic acids is 2. The number of aromatic hydroxyl groups is 1. The second kappa shape index (κ2) is 14.3. The number of amides is 1. The van der Waals surface area contributed by atoms with Crippen LogP contribution in [0.5, 0.6) is 5.75 Å². The van der Waals surface area contributed by atoms with Gasteiger partial charge in [0.1, 0.15) is 5.75 Å². The molecule has 1 rings (SSSR count). The van der Waals surface area contributed by atoms with E-state index in [0.717, 1.165) is 0 Å². The zero-order valence-corrected chi connectivity index (χ0v) is 19.3. The Morgan fingerprint density at radius 2 is 1.71 bits per heavy atom. The van der Waals surface area contributed by atoms with Gasteiger partial charge < -0.3 is 35.4 Å². The van der Waals surface area contributed by atoms with Crippen molar-refractivity contribution in [1.29, 1.82) is 0 Å². The van der Waals surface area contributed by atoms with E-state index < -0.39 is 42.5 Å². The molecule has 0 radical (unpaired) electrons. The highest BCUT2D eigenvalue weighted by Gasteiger charge is 2.38. The Hall–Kier alpha value is -3.06. The number of aliphatic hydroxyl groups is 1. The molecular formula is C21H31F3N2O8. The largest absolute Gasteiger partial charge is 0.508 e. The molecule has 0 aliphatic carbocycles. The molecule has 0 saturated heterocycles. The number of aliphatic carboxylic acids is 1. The van der Waals surface area contributed by atoms with E-state index in [0.29, 0.717) is 5.56 Å². The van der Waals surface area contributed by atoms with E-state index in [1.807, 2.05) is 0 Å². The van der Waals surface area contributed by atoms with E-state index in [9.17, 15) is 33.0 Å². The van der Waals surface area contributed by atoms with Crippen LogP contribution in [0.1, 0.15) is 39.4 Å². The Bertz CT molecular complexity index is 804. The molecule has 5 N–H and O–H groups in total.